The maximum Gasteiger partial charge on any atom is 0.229 e. The van der Waals surface area contributed by atoms with Crippen molar-refractivity contribution < 1.29 is 0 Å². The molecule has 0 spiro atoms. The highest BCUT2D eigenvalue weighted by atomic mass is 35.5. The number of nitrogens with zero attached hydrogens (tertiary/aromatic N) is 2. The van der Waals surface area contributed by atoms with E-state index in [0.717, 1.165) is 35.6 Å². The lowest BCUT2D eigenvalue weighted by Gasteiger charge is -2.12. The quantitative estimate of drug-likeness (QED) is 0.861. The Kier molecular flexibility index (Phi) is 4.79. The number of aryl methyl sites for hydroxylation is 2. The Morgan fingerprint density at radius 3 is 2.75 bits per heavy atom. The second kappa shape index (κ2) is 6.57. The van der Waals surface area contributed by atoms with Crippen LogP contribution in [0.5, 0.6) is 0 Å². The molecule has 2 N–H and O–H groups in total. The van der Waals surface area contributed by atoms with E-state index in [1.165, 1.54) is 0 Å². The summed E-state index contributed by atoms with van der Waals surface area (Å²) in [6, 6.07) is 5.86. The van der Waals surface area contributed by atoms with Crippen LogP contribution in [0.15, 0.2) is 24.4 Å². The summed E-state index contributed by atoms with van der Waals surface area (Å²) in [6.45, 7) is 7.04. The second-order valence-corrected chi connectivity index (χ2v) is 5.16. The summed E-state index contributed by atoms with van der Waals surface area (Å²) in [5, 5.41) is 7.10. The molecule has 0 saturated carbocycles. The zero-order valence-corrected chi connectivity index (χ0v) is 12.8. The van der Waals surface area contributed by atoms with E-state index in [1.54, 1.807) is 6.20 Å². The molecule has 0 bridgehead atoms. The van der Waals surface area contributed by atoms with Crippen LogP contribution < -0.4 is 10.6 Å². The zero-order chi connectivity index (χ0) is 14.5. The van der Waals surface area contributed by atoms with Crippen LogP contribution in [0.25, 0.3) is 0 Å². The molecule has 106 valence electrons. The molecule has 0 aliphatic rings. The predicted octanol–water partition coefficient (Wildman–Crippen LogP) is 4.31. The Hall–Kier alpha value is -1.81. The first-order chi connectivity index (χ1) is 9.60. The lowest BCUT2D eigenvalue weighted by Crippen LogP contribution is -2.05. The largest absolute Gasteiger partial charge is 0.370 e. The summed E-state index contributed by atoms with van der Waals surface area (Å²) in [5.74, 6) is 1.35. The van der Waals surface area contributed by atoms with Crippen LogP contribution >= 0.6 is 11.6 Å². The summed E-state index contributed by atoms with van der Waals surface area (Å²) in [7, 11) is 0. The fourth-order valence-electron chi connectivity index (χ4n) is 1.96. The molecule has 0 radical (unpaired) electrons. The van der Waals surface area contributed by atoms with Crippen molar-refractivity contribution in [2.45, 2.75) is 27.2 Å². The van der Waals surface area contributed by atoms with E-state index in [9.17, 15) is 0 Å². The highest BCUT2D eigenvalue weighted by molar-refractivity contribution is 6.33. The average Bonchev–Trinajstić information content (AvgIpc) is 2.41. The van der Waals surface area contributed by atoms with Crippen LogP contribution in [-0.4, -0.2) is 16.5 Å². The fraction of sp³-hybridized carbons (Fsp3) is 0.333. The number of aromatic nitrogens is 2. The van der Waals surface area contributed by atoms with Crippen LogP contribution in [0.3, 0.4) is 0 Å². The number of hydrogen-bond acceptors (Lipinski definition) is 4. The maximum atomic E-state index is 6.27. The molecule has 1 heterocycles. The van der Waals surface area contributed by atoms with Gasteiger partial charge in [0.2, 0.25) is 5.95 Å². The van der Waals surface area contributed by atoms with Gasteiger partial charge in [-0.05, 0) is 43.5 Å². The van der Waals surface area contributed by atoms with Gasteiger partial charge in [-0.2, -0.15) is 4.98 Å². The van der Waals surface area contributed by atoms with Gasteiger partial charge in [-0.1, -0.05) is 24.6 Å². The van der Waals surface area contributed by atoms with Gasteiger partial charge in [-0.25, -0.2) is 4.98 Å². The molecule has 5 heteroatoms. The molecule has 1 aromatic heterocycles. The molecule has 0 saturated heterocycles. The Bertz CT molecular complexity index is 575. The topological polar surface area (TPSA) is 49.8 Å². The molecule has 0 unspecified atom stereocenters. The second-order valence-electron chi connectivity index (χ2n) is 4.76. The Labute approximate surface area is 124 Å². The number of benzene rings is 1. The smallest absolute Gasteiger partial charge is 0.229 e. The predicted molar refractivity (Wildman–Crippen MR) is 85.0 cm³/mol. The van der Waals surface area contributed by atoms with Crippen molar-refractivity contribution in [3.63, 3.8) is 0 Å². The van der Waals surface area contributed by atoms with Crippen LogP contribution in [-0.2, 0) is 0 Å². The van der Waals surface area contributed by atoms with E-state index < -0.39 is 0 Å². The van der Waals surface area contributed by atoms with Gasteiger partial charge in [0.05, 0.1) is 10.7 Å². The monoisotopic (exact) mass is 290 g/mol. The normalized spacial score (nSPS) is 10.4. The van der Waals surface area contributed by atoms with Gasteiger partial charge < -0.3 is 10.6 Å². The summed E-state index contributed by atoms with van der Waals surface area (Å²) in [6.07, 6.45) is 2.78. The Morgan fingerprint density at radius 1 is 1.25 bits per heavy atom. The van der Waals surface area contributed by atoms with Gasteiger partial charge in [-0.15, -0.1) is 0 Å². The van der Waals surface area contributed by atoms with Crippen molar-refractivity contribution in [3.8, 4) is 0 Å². The third kappa shape index (κ3) is 3.61. The highest BCUT2D eigenvalue weighted by Gasteiger charge is 2.07. The number of nitrogens with one attached hydrogen (secondary N) is 2. The van der Waals surface area contributed by atoms with Crippen LogP contribution in [0.4, 0.5) is 17.5 Å². The van der Waals surface area contributed by atoms with Gasteiger partial charge in [0.1, 0.15) is 5.82 Å². The summed E-state index contributed by atoms with van der Waals surface area (Å²) in [5.41, 5.74) is 3.06. The number of rotatable bonds is 5. The molecule has 0 aliphatic heterocycles. The van der Waals surface area contributed by atoms with Crippen LogP contribution in [0.1, 0.15) is 24.5 Å². The standard InChI is InChI=1S/C15H19ClN4/c1-4-6-17-13-5-7-18-15(19-13)20-14-11(3)8-10(2)9-12(14)16/h5,7-9H,4,6H2,1-3H3,(H2,17,18,19,20). The summed E-state index contributed by atoms with van der Waals surface area (Å²) < 4.78 is 0. The van der Waals surface area contributed by atoms with Crippen LogP contribution in [0, 0.1) is 13.8 Å². The molecule has 0 aliphatic carbocycles. The van der Waals surface area contributed by atoms with Crippen molar-refractivity contribution in [2.75, 3.05) is 17.2 Å². The van der Waals surface area contributed by atoms with E-state index in [4.69, 9.17) is 11.6 Å². The highest BCUT2D eigenvalue weighted by Crippen LogP contribution is 2.29. The third-order valence-corrected chi connectivity index (χ3v) is 3.18. The third-order valence-electron chi connectivity index (χ3n) is 2.88. The molecule has 1 aromatic carbocycles. The van der Waals surface area contributed by atoms with Crippen molar-refractivity contribution in [2.24, 2.45) is 0 Å². The van der Waals surface area contributed by atoms with Gasteiger partial charge in [0.15, 0.2) is 0 Å². The molecule has 0 amide bonds. The lowest BCUT2D eigenvalue weighted by molar-refractivity contribution is 0.966. The SMILES string of the molecule is CCCNc1ccnc(Nc2c(C)cc(C)cc2Cl)n1. The Morgan fingerprint density at radius 2 is 2.05 bits per heavy atom. The van der Waals surface area contributed by atoms with Crippen molar-refractivity contribution in [3.05, 3.63) is 40.5 Å². The summed E-state index contributed by atoms with van der Waals surface area (Å²) in [4.78, 5) is 8.64. The van der Waals surface area contributed by atoms with E-state index in [1.807, 2.05) is 26.0 Å². The minimum atomic E-state index is 0.542. The number of anilines is 3. The number of halogens is 1. The zero-order valence-electron chi connectivity index (χ0n) is 12.0. The van der Waals surface area contributed by atoms with Gasteiger partial charge >= 0.3 is 0 Å². The minimum Gasteiger partial charge on any atom is -0.370 e. The molecule has 4 nitrogen and oxygen atoms in total. The molecular weight excluding hydrogens is 272 g/mol. The maximum absolute atomic E-state index is 6.27. The van der Waals surface area contributed by atoms with Crippen LogP contribution in [0.2, 0.25) is 5.02 Å². The van der Waals surface area contributed by atoms with Crippen molar-refractivity contribution in [1.82, 2.24) is 9.97 Å². The van der Waals surface area contributed by atoms with Gasteiger partial charge in [0, 0.05) is 12.7 Å². The van der Waals surface area contributed by atoms with Crippen molar-refractivity contribution >= 4 is 29.1 Å². The minimum absolute atomic E-state index is 0.542. The Balaban J connectivity index is 2.22. The van der Waals surface area contributed by atoms with Gasteiger partial charge in [-0.3, -0.25) is 0 Å². The molecule has 2 aromatic rings. The van der Waals surface area contributed by atoms with E-state index >= 15 is 0 Å². The molecule has 0 fully saturated rings. The average molecular weight is 291 g/mol. The van der Waals surface area contributed by atoms with Gasteiger partial charge in [0.25, 0.3) is 0 Å². The molecule has 20 heavy (non-hydrogen) atoms. The molecule has 0 atom stereocenters. The van der Waals surface area contributed by atoms with E-state index in [2.05, 4.69) is 33.6 Å². The molecule has 2 rings (SSSR count). The van der Waals surface area contributed by atoms with Crippen molar-refractivity contribution in [1.29, 1.82) is 0 Å². The first kappa shape index (κ1) is 14.6. The summed E-state index contributed by atoms with van der Waals surface area (Å²) >= 11 is 6.27. The fourth-order valence-corrected chi connectivity index (χ4v) is 2.32. The van der Waals surface area contributed by atoms with E-state index in [0.29, 0.717) is 11.0 Å². The first-order valence-corrected chi connectivity index (χ1v) is 7.08. The molecular formula is C15H19ClN4. The lowest BCUT2D eigenvalue weighted by atomic mass is 10.1. The van der Waals surface area contributed by atoms with E-state index in [-0.39, 0.29) is 0 Å². The number of hydrogen-bond donors (Lipinski definition) is 2. The first-order valence-electron chi connectivity index (χ1n) is 6.71.